The van der Waals surface area contributed by atoms with Crippen molar-refractivity contribution in [3.63, 3.8) is 0 Å². The molecule has 0 bridgehead atoms. The molecule has 0 unspecified atom stereocenters. The maximum Gasteiger partial charge on any atom is 0.324 e. The number of guanidine groups is 1. The average molecular weight is 380 g/mol. The number of carbonyl (C=O) groups is 1. The third-order valence-electron chi connectivity index (χ3n) is 5.13. The number of nitrogens with zero attached hydrogens (tertiary/aromatic N) is 1. The average Bonchev–Trinajstić information content (AvgIpc) is 2.64. The smallest absolute Gasteiger partial charge is 0.324 e. The van der Waals surface area contributed by atoms with Crippen LogP contribution in [0.25, 0.3) is 0 Å². The third kappa shape index (κ3) is 12.4. The first-order chi connectivity index (χ1) is 13.1. The van der Waals surface area contributed by atoms with Crippen LogP contribution in [0.3, 0.4) is 0 Å². The standard InChI is InChI=1S/C21H41N5O/c1-2-14-19(22)15-10-6-5-9-13-18-26-17-12-8-4-3-7-11-16-24-20(23)25-21(26)27/h22H,2-18H2,1H3,(H3,23,24,25,27). The molecule has 0 aromatic rings. The number of amides is 2. The van der Waals surface area contributed by atoms with E-state index < -0.39 is 0 Å². The molecule has 6 heteroatoms. The maximum atomic E-state index is 12.4. The van der Waals surface area contributed by atoms with E-state index in [1.165, 1.54) is 38.5 Å². The zero-order valence-corrected chi connectivity index (χ0v) is 17.4. The van der Waals surface area contributed by atoms with E-state index in [0.29, 0.717) is 0 Å². The molecule has 1 saturated heterocycles. The Morgan fingerprint density at radius 3 is 2.41 bits per heavy atom. The van der Waals surface area contributed by atoms with Crippen LogP contribution in [0, 0.1) is 10.8 Å². The lowest BCUT2D eigenvalue weighted by atomic mass is 10.1. The largest absolute Gasteiger partial charge is 0.356 e. The van der Waals surface area contributed by atoms with Gasteiger partial charge in [0.25, 0.3) is 0 Å². The summed E-state index contributed by atoms with van der Waals surface area (Å²) in [5, 5.41) is 21.4. The van der Waals surface area contributed by atoms with Crippen molar-refractivity contribution < 1.29 is 4.79 Å². The molecule has 0 saturated carbocycles. The van der Waals surface area contributed by atoms with E-state index in [-0.39, 0.29) is 12.0 Å². The molecule has 0 radical (unpaired) electrons. The highest BCUT2D eigenvalue weighted by Crippen LogP contribution is 2.10. The molecule has 0 aromatic carbocycles. The van der Waals surface area contributed by atoms with Crippen LogP contribution in [0.5, 0.6) is 0 Å². The van der Waals surface area contributed by atoms with Crippen LogP contribution in [0.15, 0.2) is 0 Å². The van der Waals surface area contributed by atoms with Gasteiger partial charge in [-0.25, -0.2) is 4.79 Å². The van der Waals surface area contributed by atoms with Crippen LogP contribution in [-0.4, -0.2) is 42.2 Å². The van der Waals surface area contributed by atoms with Gasteiger partial charge in [-0.15, -0.1) is 0 Å². The molecule has 1 aliphatic heterocycles. The lowest BCUT2D eigenvalue weighted by Gasteiger charge is -2.23. The summed E-state index contributed by atoms with van der Waals surface area (Å²) in [5.74, 6) is 0.124. The Bertz CT molecular complexity index is 438. The molecule has 1 aliphatic rings. The predicted molar refractivity (Wildman–Crippen MR) is 114 cm³/mol. The Morgan fingerprint density at radius 2 is 1.63 bits per heavy atom. The van der Waals surface area contributed by atoms with E-state index >= 15 is 0 Å². The van der Waals surface area contributed by atoms with Gasteiger partial charge in [-0.3, -0.25) is 10.7 Å². The number of rotatable bonds is 10. The van der Waals surface area contributed by atoms with Crippen molar-refractivity contribution in [1.29, 1.82) is 10.8 Å². The monoisotopic (exact) mass is 379 g/mol. The number of hydrogen-bond acceptors (Lipinski definition) is 3. The maximum absolute atomic E-state index is 12.4. The van der Waals surface area contributed by atoms with Gasteiger partial charge in [0.2, 0.25) is 0 Å². The molecule has 2 amide bonds. The summed E-state index contributed by atoms with van der Waals surface area (Å²) < 4.78 is 0. The van der Waals surface area contributed by atoms with E-state index in [2.05, 4.69) is 17.6 Å². The fraction of sp³-hybridized carbons (Fsp3) is 0.857. The molecule has 1 heterocycles. The van der Waals surface area contributed by atoms with Crippen LogP contribution in [0.1, 0.15) is 96.8 Å². The van der Waals surface area contributed by atoms with Crippen molar-refractivity contribution >= 4 is 17.7 Å². The fourth-order valence-electron chi connectivity index (χ4n) is 3.49. The molecule has 4 N–H and O–H groups in total. The number of hydrogen-bond donors (Lipinski definition) is 4. The van der Waals surface area contributed by atoms with Crippen LogP contribution in [0.4, 0.5) is 4.79 Å². The SMILES string of the molecule is CCCC(=N)CCCCCCCN1CCCCCCCCNC(=N)NC1=O. The molecule has 0 spiro atoms. The van der Waals surface area contributed by atoms with Crippen molar-refractivity contribution in [2.75, 3.05) is 19.6 Å². The summed E-state index contributed by atoms with van der Waals surface area (Å²) in [5.41, 5.74) is 0.889. The van der Waals surface area contributed by atoms with Gasteiger partial charge in [-0.1, -0.05) is 58.3 Å². The van der Waals surface area contributed by atoms with Gasteiger partial charge in [0.15, 0.2) is 5.96 Å². The second-order valence-corrected chi connectivity index (χ2v) is 7.71. The fourth-order valence-corrected chi connectivity index (χ4v) is 3.49. The van der Waals surface area contributed by atoms with E-state index in [0.717, 1.165) is 76.7 Å². The zero-order valence-electron chi connectivity index (χ0n) is 17.4. The highest BCUT2D eigenvalue weighted by atomic mass is 16.2. The quantitative estimate of drug-likeness (QED) is 0.316. The number of nitrogens with one attached hydrogen (secondary N) is 4. The first kappa shape index (κ1) is 23.4. The van der Waals surface area contributed by atoms with Crippen molar-refractivity contribution in [2.24, 2.45) is 0 Å². The zero-order chi connectivity index (χ0) is 19.7. The summed E-state index contributed by atoms with van der Waals surface area (Å²) >= 11 is 0. The molecular formula is C21H41N5O. The molecule has 0 atom stereocenters. The molecule has 0 aromatic heterocycles. The first-order valence-corrected chi connectivity index (χ1v) is 11.1. The Kier molecular flexibility index (Phi) is 13.4. The summed E-state index contributed by atoms with van der Waals surface area (Å²) in [6.07, 6.45) is 15.5. The minimum Gasteiger partial charge on any atom is -0.356 e. The van der Waals surface area contributed by atoms with E-state index in [1.807, 2.05) is 4.90 Å². The summed E-state index contributed by atoms with van der Waals surface area (Å²) in [7, 11) is 0. The molecule has 6 nitrogen and oxygen atoms in total. The van der Waals surface area contributed by atoms with Gasteiger partial charge in [0.1, 0.15) is 0 Å². The van der Waals surface area contributed by atoms with Crippen molar-refractivity contribution in [2.45, 2.75) is 96.8 Å². The Morgan fingerprint density at radius 1 is 0.963 bits per heavy atom. The van der Waals surface area contributed by atoms with Gasteiger partial charge >= 0.3 is 6.03 Å². The van der Waals surface area contributed by atoms with Gasteiger partial charge in [-0.2, -0.15) is 0 Å². The van der Waals surface area contributed by atoms with Gasteiger partial charge in [-0.05, 0) is 38.5 Å². The second kappa shape index (κ2) is 15.5. The highest BCUT2D eigenvalue weighted by molar-refractivity contribution is 5.94. The van der Waals surface area contributed by atoms with Crippen molar-refractivity contribution in [3.8, 4) is 0 Å². The Balaban J connectivity index is 2.26. The van der Waals surface area contributed by atoms with E-state index in [4.69, 9.17) is 10.8 Å². The van der Waals surface area contributed by atoms with Gasteiger partial charge in [0, 0.05) is 25.3 Å². The summed E-state index contributed by atoms with van der Waals surface area (Å²) in [6, 6.07) is -0.139. The van der Waals surface area contributed by atoms with Crippen LogP contribution in [0.2, 0.25) is 0 Å². The summed E-state index contributed by atoms with van der Waals surface area (Å²) in [4.78, 5) is 14.3. The lowest BCUT2D eigenvalue weighted by molar-refractivity contribution is 0.200. The normalized spacial score (nSPS) is 17.3. The molecule has 1 rings (SSSR count). The number of carbonyl (C=O) groups excluding carboxylic acids is 1. The molecule has 1 fully saturated rings. The van der Waals surface area contributed by atoms with Crippen LogP contribution in [-0.2, 0) is 0 Å². The Labute approximate surface area is 165 Å². The minimum absolute atomic E-state index is 0.124. The topological polar surface area (TPSA) is 92.1 Å². The molecule has 156 valence electrons. The number of unbranched alkanes of at least 4 members (excludes halogenated alkanes) is 4. The molecule has 0 aliphatic carbocycles. The van der Waals surface area contributed by atoms with Gasteiger partial charge < -0.3 is 15.6 Å². The van der Waals surface area contributed by atoms with Gasteiger partial charge in [0.05, 0.1) is 0 Å². The minimum atomic E-state index is -0.139. The first-order valence-electron chi connectivity index (χ1n) is 11.1. The summed E-state index contributed by atoms with van der Waals surface area (Å²) in [6.45, 7) is 4.44. The van der Waals surface area contributed by atoms with E-state index in [9.17, 15) is 4.79 Å². The third-order valence-corrected chi connectivity index (χ3v) is 5.13. The van der Waals surface area contributed by atoms with Crippen molar-refractivity contribution in [3.05, 3.63) is 0 Å². The molecule has 27 heavy (non-hydrogen) atoms. The number of urea groups is 1. The van der Waals surface area contributed by atoms with E-state index in [1.54, 1.807) is 0 Å². The highest BCUT2D eigenvalue weighted by Gasteiger charge is 2.14. The lowest BCUT2D eigenvalue weighted by Crippen LogP contribution is -2.48. The Hall–Kier alpha value is -1.59. The van der Waals surface area contributed by atoms with Crippen LogP contribution >= 0.6 is 0 Å². The predicted octanol–water partition coefficient (Wildman–Crippen LogP) is 5.04. The second-order valence-electron chi connectivity index (χ2n) is 7.71. The van der Waals surface area contributed by atoms with Crippen LogP contribution < -0.4 is 10.6 Å². The molecular weight excluding hydrogens is 338 g/mol. The van der Waals surface area contributed by atoms with Crippen molar-refractivity contribution in [1.82, 2.24) is 15.5 Å².